The molecule has 0 aromatic heterocycles. The second-order valence-corrected chi connectivity index (χ2v) is 8.22. The van der Waals surface area contributed by atoms with Crippen molar-refractivity contribution in [3.63, 3.8) is 0 Å². The molecule has 0 fully saturated rings. The van der Waals surface area contributed by atoms with Gasteiger partial charge < -0.3 is 0 Å². The first-order chi connectivity index (χ1) is 5.79. The Bertz CT molecular complexity index is 222. The van der Waals surface area contributed by atoms with Crippen molar-refractivity contribution in [3.05, 3.63) is 16.5 Å². The van der Waals surface area contributed by atoms with E-state index in [0.29, 0.717) is 5.41 Å². The molecule has 0 radical (unpaired) electrons. The fraction of sp³-hybridized carbons (Fsp3) is 0.750. The van der Waals surface area contributed by atoms with E-state index in [9.17, 15) is 0 Å². The molecular weight excluding hydrogens is 172 g/mol. The van der Waals surface area contributed by atoms with Crippen LogP contribution in [0.2, 0.25) is 13.1 Å². The van der Waals surface area contributed by atoms with Gasteiger partial charge in [0.15, 0.2) is 0 Å². The van der Waals surface area contributed by atoms with Gasteiger partial charge in [-0.2, -0.15) is 0 Å². The van der Waals surface area contributed by atoms with Crippen molar-refractivity contribution in [3.8, 4) is 0 Å². The van der Waals surface area contributed by atoms with E-state index in [1.54, 1.807) is 0 Å². The zero-order valence-electron chi connectivity index (χ0n) is 10.3. The Hall–Kier alpha value is -0.263. The molecule has 13 heavy (non-hydrogen) atoms. The highest BCUT2D eigenvalue weighted by Crippen LogP contribution is 2.27. The topological polar surface area (TPSA) is 0 Å². The Morgan fingerprint density at radius 2 is 1.69 bits per heavy atom. The predicted molar refractivity (Wildman–Crippen MR) is 64.8 cm³/mol. The first-order valence-corrected chi connectivity index (χ1v) is 8.14. The molecule has 0 aromatic rings. The molecule has 1 heteroatoms. The van der Waals surface area contributed by atoms with E-state index in [2.05, 4.69) is 53.4 Å². The molecule has 76 valence electrons. The third-order valence-electron chi connectivity index (χ3n) is 2.47. The van der Waals surface area contributed by atoms with Gasteiger partial charge in [-0.3, -0.25) is 0 Å². The molecule has 0 rings (SSSR count). The number of rotatable bonds is 2. The van der Waals surface area contributed by atoms with Crippen LogP contribution in [0.1, 0.15) is 41.0 Å². The summed E-state index contributed by atoms with van der Waals surface area (Å²) in [5, 5.41) is 1.51. The van der Waals surface area contributed by atoms with Gasteiger partial charge in [0.05, 0.1) is 8.80 Å². The zero-order valence-corrected chi connectivity index (χ0v) is 11.4. The molecule has 0 aromatic carbocycles. The Labute approximate surface area is 85.4 Å². The molecule has 0 aliphatic heterocycles. The van der Waals surface area contributed by atoms with Crippen LogP contribution in [-0.4, -0.2) is 8.80 Å². The summed E-state index contributed by atoms with van der Waals surface area (Å²) < 4.78 is 0. The lowest BCUT2D eigenvalue weighted by atomic mass is 9.85. The number of hydrogen-bond donors (Lipinski definition) is 0. The van der Waals surface area contributed by atoms with Crippen molar-refractivity contribution in [1.29, 1.82) is 0 Å². The van der Waals surface area contributed by atoms with Gasteiger partial charge in [-0.25, -0.2) is 0 Å². The van der Waals surface area contributed by atoms with Crippen molar-refractivity contribution < 1.29 is 0 Å². The first-order valence-electron chi connectivity index (χ1n) is 5.25. The summed E-state index contributed by atoms with van der Waals surface area (Å²) >= 11 is 0. The van der Waals surface area contributed by atoms with Crippen molar-refractivity contribution >= 4 is 8.80 Å². The van der Waals surface area contributed by atoms with Gasteiger partial charge in [0, 0.05) is 0 Å². The van der Waals surface area contributed by atoms with Gasteiger partial charge in [-0.05, 0) is 29.5 Å². The minimum absolute atomic E-state index is 0.291. The average Bonchev–Trinajstić information content (AvgIpc) is 1.96. The predicted octanol–water partition coefficient (Wildman–Crippen LogP) is 3.94. The molecule has 0 aliphatic carbocycles. The maximum Gasteiger partial charge on any atom is 0.0691 e. The van der Waals surface area contributed by atoms with Crippen LogP contribution in [-0.2, 0) is 0 Å². The van der Waals surface area contributed by atoms with Crippen molar-refractivity contribution in [2.45, 2.75) is 54.1 Å². The van der Waals surface area contributed by atoms with Gasteiger partial charge in [0.25, 0.3) is 0 Å². The van der Waals surface area contributed by atoms with Crippen LogP contribution in [0.5, 0.6) is 0 Å². The molecule has 0 saturated heterocycles. The number of hydrogen-bond acceptors (Lipinski definition) is 0. The Morgan fingerprint density at radius 1 is 1.23 bits per heavy atom. The first kappa shape index (κ1) is 12.7. The SMILES string of the molecule is CCC(=C=C(C)[SiH](C)C)C(C)(C)C. The van der Waals surface area contributed by atoms with Crippen LogP contribution in [0.15, 0.2) is 16.5 Å². The van der Waals surface area contributed by atoms with Gasteiger partial charge in [0.1, 0.15) is 0 Å². The third-order valence-corrected chi connectivity index (χ3v) is 4.35. The van der Waals surface area contributed by atoms with Gasteiger partial charge in [0.2, 0.25) is 0 Å². The van der Waals surface area contributed by atoms with E-state index in [0.717, 1.165) is 6.42 Å². The number of allylic oxidation sites excluding steroid dienone is 1. The highest BCUT2D eigenvalue weighted by Gasteiger charge is 2.14. The summed E-state index contributed by atoms with van der Waals surface area (Å²) in [4.78, 5) is 0. The Balaban J connectivity index is 5.07. The fourth-order valence-corrected chi connectivity index (χ4v) is 1.65. The van der Waals surface area contributed by atoms with Crippen LogP contribution in [0.25, 0.3) is 0 Å². The van der Waals surface area contributed by atoms with Gasteiger partial charge >= 0.3 is 0 Å². The van der Waals surface area contributed by atoms with E-state index >= 15 is 0 Å². The van der Waals surface area contributed by atoms with Gasteiger partial charge in [-0.1, -0.05) is 40.8 Å². The van der Waals surface area contributed by atoms with E-state index in [4.69, 9.17) is 0 Å². The van der Waals surface area contributed by atoms with Crippen molar-refractivity contribution in [2.75, 3.05) is 0 Å². The summed E-state index contributed by atoms with van der Waals surface area (Å²) in [5.74, 6) is 0. The summed E-state index contributed by atoms with van der Waals surface area (Å²) in [6.45, 7) is 16.0. The maximum atomic E-state index is 3.60. The lowest BCUT2D eigenvalue weighted by Crippen LogP contribution is -2.09. The smallest absolute Gasteiger partial charge is 0.0691 e. The normalized spacial score (nSPS) is 11.4. The van der Waals surface area contributed by atoms with Crippen LogP contribution in [0.4, 0.5) is 0 Å². The quantitative estimate of drug-likeness (QED) is 0.463. The second-order valence-electron chi connectivity index (χ2n) is 5.04. The highest BCUT2D eigenvalue weighted by atomic mass is 28.3. The van der Waals surface area contributed by atoms with Gasteiger partial charge in [-0.15, -0.1) is 5.73 Å². The van der Waals surface area contributed by atoms with E-state index in [-0.39, 0.29) is 0 Å². The molecule has 0 bridgehead atoms. The molecule has 0 unspecified atom stereocenters. The lowest BCUT2D eigenvalue weighted by molar-refractivity contribution is 0.489. The van der Waals surface area contributed by atoms with E-state index in [1.165, 1.54) is 10.8 Å². The summed E-state index contributed by atoms with van der Waals surface area (Å²) in [7, 11) is -0.622. The maximum absolute atomic E-state index is 3.60. The minimum Gasteiger partial charge on any atom is -0.127 e. The fourth-order valence-electron chi connectivity index (χ4n) is 1.19. The Kier molecular flexibility index (Phi) is 4.73. The van der Waals surface area contributed by atoms with Crippen LogP contribution in [0, 0.1) is 5.41 Å². The van der Waals surface area contributed by atoms with E-state index in [1.807, 2.05) is 0 Å². The minimum atomic E-state index is -0.622. The summed E-state index contributed by atoms with van der Waals surface area (Å²) in [6.07, 6.45) is 1.13. The standard InChI is InChI=1S/C12H24Si/c1-8-11(12(3,4)5)9-10(2)13(6)7/h13H,8H2,1-7H3. The van der Waals surface area contributed by atoms with Crippen LogP contribution < -0.4 is 0 Å². The molecule has 0 N–H and O–H groups in total. The molecule has 0 amide bonds. The summed E-state index contributed by atoms with van der Waals surface area (Å²) in [5.41, 5.74) is 5.36. The zero-order chi connectivity index (χ0) is 10.6. The lowest BCUT2D eigenvalue weighted by Gasteiger charge is -2.20. The monoisotopic (exact) mass is 196 g/mol. The molecular formula is C12H24Si. The third kappa shape index (κ3) is 4.49. The Morgan fingerprint density at radius 3 is 1.92 bits per heavy atom. The van der Waals surface area contributed by atoms with E-state index < -0.39 is 8.80 Å². The second kappa shape index (κ2) is 4.83. The molecule has 0 aliphatic rings. The molecule has 0 nitrogen and oxygen atoms in total. The van der Waals surface area contributed by atoms with Crippen LogP contribution >= 0.6 is 0 Å². The largest absolute Gasteiger partial charge is 0.127 e. The van der Waals surface area contributed by atoms with Crippen molar-refractivity contribution in [1.82, 2.24) is 0 Å². The molecule has 0 atom stereocenters. The molecule has 0 saturated carbocycles. The molecule has 0 spiro atoms. The summed E-state index contributed by atoms with van der Waals surface area (Å²) in [6, 6.07) is 0. The van der Waals surface area contributed by atoms with Crippen molar-refractivity contribution in [2.24, 2.45) is 5.41 Å². The highest BCUT2D eigenvalue weighted by molar-refractivity contribution is 6.63. The average molecular weight is 196 g/mol. The molecule has 0 heterocycles. The van der Waals surface area contributed by atoms with Crippen LogP contribution in [0.3, 0.4) is 0 Å².